The van der Waals surface area contributed by atoms with Crippen molar-refractivity contribution in [3.8, 4) is 0 Å². The third kappa shape index (κ3) is 1.86. The quantitative estimate of drug-likeness (QED) is 0.830. The minimum absolute atomic E-state index is 0.448. The molecule has 0 amide bonds. The third-order valence-electron chi connectivity index (χ3n) is 4.44. The van der Waals surface area contributed by atoms with Crippen LogP contribution in [0.15, 0.2) is 18.3 Å². The van der Waals surface area contributed by atoms with Crippen LogP contribution in [0.2, 0.25) is 0 Å². The van der Waals surface area contributed by atoms with Gasteiger partial charge in [0, 0.05) is 24.8 Å². The molecule has 3 heterocycles. The van der Waals surface area contributed by atoms with Crippen molar-refractivity contribution in [2.75, 3.05) is 13.2 Å². The van der Waals surface area contributed by atoms with Crippen molar-refractivity contribution >= 4 is 11.2 Å². The Hall–Kier alpha value is -1.42. The monoisotopic (exact) mass is 257 g/mol. The van der Waals surface area contributed by atoms with Crippen molar-refractivity contribution in [1.82, 2.24) is 14.5 Å². The van der Waals surface area contributed by atoms with E-state index in [1.54, 1.807) is 0 Å². The van der Waals surface area contributed by atoms with Gasteiger partial charge in [0.25, 0.3) is 0 Å². The van der Waals surface area contributed by atoms with E-state index in [9.17, 15) is 0 Å². The molecular formula is C15H19N3O. The molecule has 100 valence electrons. The fourth-order valence-electron chi connectivity index (χ4n) is 3.18. The first-order chi connectivity index (χ1) is 9.43. The highest BCUT2D eigenvalue weighted by Crippen LogP contribution is 2.38. The zero-order chi connectivity index (χ0) is 12.7. The fourth-order valence-corrected chi connectivity index (χ4v) is 3.18. The topological polar surface area (TPSA) is 39.9 Å². The number of imidazole rings is 1. The number of rotatable bonds is 2. The van der Waals surface area contributed by atoms with Crippen molar-refractivity contribution < 1.29 is 4.74 Å². The molecule has 0 aromatic carbocycles. The Kier molecular flexibility index (Phi) is 2.76. The lowest BCUT2D eigenvalue weighted by Crippen LogP contribution is -2.24. The Morgan fingerprint density at radius 2 is 2.16 bits per heavy atom. The van der Waals surface area contributed by atoms with E-state index in [1.165, 1.54) is 31.5 Å². The molecule has 2 aromatic rings. The number of fused-ring (bicyclic) bond motifs is 1. The summed E-state index contributed by atoms with van der Waals surface area (Å²) in [6.45, 7) is 1.72. The fraction of sp³-hybridized carbons (Fsp3) is 0.600. The Bertz CT molecular complexity index is 582. The largest absolute Gasteiger partial charge is 0.381 e. The lowest BCUT2D eigenvalue weighted by Gasteiger charge is -2.31. The maximum absolute atomic E-state index is 5.65. The molecule has 1 aliphatic heterocycles. The number of pyridine rings is 1. The summed E-state index contributed by atoms with van der Waals surface area (Å²) in [4.78, 5) is 9.42. The number of hydrogen-bond acceptors (Lipinski definition) is 3. The van der Waals surface area contributed by atoms with Crippen LogP contribution in [0.5, 0.6) is 0 Å². The van der Waals surface area contributed by atoms with Crippen molar-refractivity contribution in [1.29, 1.82) is 0 Å². The normalized spacial score (nSPS) is 24.5. The van der Waals surface area contributed by atoms with Crippen LogP contribution in [0.4, 0.5) is 0 Å². The van der Waals surface area contributed by atoms with Crippen molar-refractivity contribution in [2.45, 2.75) is 44.1 Å². The molecule has 2 aliphatic rings. The lowest BCUT2D eigenvalue weighted by molar-refractivity contribution is 0.0759. The molecule has 0 bridgehead atoms. The van der Waals surface area contributed by atoms with Crippen molar-refractivity contribution in [2.24, 2.45) is 0 Å². The standard InChI is InChI=1S/C15H19N3O/c1-5-12(6-1)18-14(11-4-3-9-19-10-11)17-13-7-2-8-16-15(13)18/h2,7-8,11-12H,1,3-6,9-10H2. The van der Waals surface area contributed by atoms with Crippen LogP contribution in [-0.4, -0.2) is 27.7 Å². The van der Waals surface area contributed by atoms with E-state index in [-0.39, 0.29) is 0 Å². The van der Waals surface area contributed by atoms with Gasteiger partial charge < -0.3 is 9.30 Å². The first-order valence-corrected chi connectivity index (χ1v) is 7.34. The second-order valence-corrected chi connectivity index (χ2v) is 5.68. The van der Waals surface area contributed by atoms with Crippen molar-refractivity contribution in [3.05, 3.63) is 24.2 Å². The molecule has 4 nitrogen and oxygen atoms in total. The van der Waals surface area contributed by atoms with Crippen LogP contribution >= 0.6 is 0 Å². The Morgan fingerprint density at radius 3 is 2.89 bits per heavy atom. The van der Waals surface area contributed by atoms with Crippen LogP contribution in [-0.2, 0) is 4.74 Å². The van der Waals surface area contributed by atoms with Gasteiger partial charge in [-0.1, -0.05) is 0 Å². The van der Waals surface area contributed by atoms with E-state index in [4.69, 9.17) is 9.72 Å². The van der Waals surface area contributed by atoms with E-state index >= 15 is 0 Å². The van der Waals surface area contributed by atoms with Crippen LogP contribution < -0.4 is 0 Å². The summed E-state index contributed by atoms with van der Waals surface area (Å²) in [6.07, 6.45) is 8.07. The molecule has 1 unspecified atom stereocenters. The smallest absolute Gasteiger partial charge is 0.160 e. The van der Waals surface area contributed by atoms with Gasteiger partial charge in [0.05, 0.1) is 6.61 Å². The van der Waals surface area contributed by atoms with Crippen LogP contribution in [0.25, 0.3) is 11.2 Å². The molecule has 1 saturated carbocycles. The van der Waals surface area contributed by atoms with Gasteiger partial charge in [0.15, 0.2) is 5.65 Å². The molecule has 4 heteroatoms. The zero-order valence-corrected chi connectivity index (χ0v) is 11.1. The van der Waals surface area contributed by atoms with Gasteiger partial charge in [0.2, 0.25) is 0 Å². The number of nitrogens with zero attached hydrogens (tertiary/aromatic N) is 3. The second kappa shape index (κ2) is 4.60. The van der Waals surface area contributed by atoms with E-state index in [0.29, 0.717) is 12.0 Å². The summed E-state index contributed by atoms with van der Waals surface area (Å²) in [7, 11) is 0. The SMILES string of the molecule is c1cnc2c(c1)nc(C1CCCOC1)n2C1CCC1. The summed E-state index contributed by atoms with van der Waals surface area (Å²) in [5.41, 5.74) is 2.10. The van der Waals surface area contributed by atoms with Gasteiger partial charge in [-0.3, -0.25) is 0 Å². The number of hydrogen-bond donors (Lipinski definition) is 0. The molecule has 1 aliphatic carbocycles. The maximum atomic E-state index is 5.65. The van der Waals surface area contributed by atoms with Gasteiger partial charge in [0.1, 0.15) is 11.3 Å². The highest BCUT2D eigenvalue weighted by Gasteiger charge is 2.29. The van der Waals surface area contributed by atoms with Crippen LogP contribution in [0.1, 0.15) is 49.9 Å². The summed E-state index contributed by atoms with van der Waals surface area (Å²) in [5.74, 6) is 1.65. The summed E-state index contributed by atoms with van der Waals surface area (Å²) in [5, 5.41) is 0. The molecule has 2 aromatic heterocycles. The highest BCUT2D eigenvalue weighted by molar-refractivity contribution is 5.71. The van der Waals surface area contributed by atoms with Crippen molar-refractivity contribution in [3.63, 3.8) is 0 Å². The molecule has 4 rings (SSSR count). The maximum Gasteiger partial charge on any atom is 0.160 e. The summed E-state index contributed by atoms with van der Waals surface area (Å²) < 4.78 is 8.05. The lowest BCUT2D eigenvalue weighted by atomic mass is 9.91. The van der Waals surface area contributed by atoms with E-state index in [0.717, 1.165) is 30.8 Å². The second-order valence-electron chi connectivity index (χ2n) is 5.68. The van der Waals surface area contributed by atoms with Gasteiger partial charge in [-0.2, -0.15) is 0 Å². The Morgan fingerprint density at radius 1 is 1.21 bits per heavy atom. The number of aromatic nitrogens is 3. The van der Waals surface area contributed by atoms with Crippen LogP contribution in [0, 0.1) is 0 Å². The summed E-state index contributed by atoms with van der Waals surface area (Å²) in [6, 6.07) is 4.66. The summed E-state index contributed by atoms with van der Waals surface area (Å²) >= 11 is 0. The van der Waals surface area contributed by atoms with E-state index in [1.807, 2.05) is 12.3 Å². The first-order valence-electron chi connectivity index (χ1n) is 7.34. The number of ether oxygens (including phenoxy) is 1. The average Bonchev–Trinajstić information content (AvgIpc) is 2.78. The highest BCUT2D eigenvalue weighted by atomic mass is 16.5. The molecular weight excluding hydrogens is 238 g/mol. The van der Waals surface area contributed by atoms with Gasteiger partial charge >= 0.3 is 0 Å². The predicted molar refractivity (Wildman–Crippen MR) is 73.2 cm³/mol. The molecule has 19 heavy (non-hydrogen) atoms. The third-order valence-corrected chi connectivity index (χ3v) is 4.44. The molecule has 0 spiro atoms. The molecule has 2 fully saturated rings. The van der Waals surface area contributed by atoms with E-state index in [2.05, 4.69) is 15.6 Å². The molecule has 1 atom stereocenters. The molecule has 0 N–H and O–H groups in total. The van der Waals surface area contributed by atoms with E-state index < -0.39 is 0 Å². The Balaban J connectivity index is 1.83. The minimum atomic E-state index is 0.448. The first kappa shape index (κ1) is 11.4. The average molecular weight is 257 g/mol. The minimum Gasteiger partial charge on any atom is -0.381 e. The zero-order valence-electron chi connectivity index (χ0n) is 11.1. The van der Waals surface area contributed by atoms with Gasteiger partial charge in [-0.05, 0) is 44.2 Å². The van der Waals surface area contributed by atoms with Gasteiger partial charge in [-0.15, -0.1) is 0 Å². The predicted octanol–water partition coefficient (Wildman–Crippen LogP) is 3.05. The Labute approximate surface area is 112 Å². The molecule has 0 radical (unpaired) electrons. The molecule has 1 saturated heterocycles. The van der Waals surface area contributed by atoms with Gasteiger partial charge in [-0.25, -0.2) is 9.97 Å². The van der Waals surface area contributed by atoms with Crippen LogP contribution in [0.3, 0.4) is 0 Å².